The van der Waals surface area contributed by atoms with E-state index in [0.29, 0.717) is 0 Å². The molecule has 10 heteroatoms. The van der Waals surface area contributed by atoms with Crippen LogP contribution in [0, 0.1) is 21.9 Å². The zero-order valence-corrected chi connectivity index (χ0v) is 11.0. The second-order valence-corrected chi connectivity index (χ2v) is 5.47. The minimum absolute atomic E-state index is 0.116. The van der Waals surface area contributed by atoms with Gasteiger partial charge in [0, 0.05) is 0 Å². The first-order valence-corrected chi connectivity index (χ1v) is 6.87. The van der Waals surface area contributed by atoms with Crippen molar-refractivity contribution >= 4 is 21.4 Å². The van der Waals surface area contributed by atoms with Crippen LogP contribution in [0.1, 0.15) is 0 Å². The molecule has 0 aliphatic carbocycles. The molecule has 0 saturated carbocycles. The van der Waals surface area contributed by atoms with Crippen LogP contribution >= 0.6 is 0 Å². The Kier molecular flexibility index (Phi) is 3.80. The number of benzene rings is 1. The lowest BCUT2D eigenvalue weighted by Crippen LogP contribution is -2.15. The predicted molar refractivity (Wildman–Crippen MR) is 68.1 cm³/mol. The zero-order valence-electron chi connectivity index (χ0n) is 10.2. The maximum absolute atomic E-state index is 13.4. The van der Waals surface area contributed by atoms with E-state index in [-0.39, 0.29) is 5.69 Å². The van der Waals surface area contributed by atoms with E-state index in [1.807, 2.05) is 4.72 Å². The molecule has 0 amide bonds. The van der Waals surface area contributed by atoms with E-state index in [4.69, 9.17) is 0 Å². The maximum Gasteiger partial charge on any atom is 0.325 e. The summed E-state index contributed by atoms with van der Waals surface area (Å²) in [5.74, 6) is -2.10. The Morgan fingerprint density at radius 2 is 1.90 bits per heavy atom. The van der Waals surface area contributed by atoms with E-state index in [9.17, 15) is 27.3 Å². The van der Waals surface area contributed by atoms with Gasteiger partial charge in [0.1, 0.15) is 0 Å². The summed E-state index contributed by atoms with van der Waals surface area (Å²) in [5, 5.41) is 10.8. The molecule has 0 atom stereocenters. The van der Waals surface area contributed by atoms with E-state index in [0.717, 1.165) is 36.5 Å². The largest absolute Gasteiger partial charge is 0.325 e. The van der Waals surface area contributed by atoms with Crippen LogP contribution in [0.15, 0.2) is 41.4 Å². The highest BCUT2D eigenvalue weighted by atomic mass is 32.2. The highest BCUT2D eigenvalue weighted by Gasteiger charge is 2.29. The van der Waals surface area contributed by atoms with E-state index in [2.05, 4.69) is 4.98 Å². The molecule has 1 heterocycles. The van der Waals surface area contributed by atoms with Gasteiger partial charge in [-0.25, -0.2) is 13.4 Å². The van der Waals surface area contributed by atoms with Crippen molar-refractivity contribution in [3.05, 3.63) is 58.4 Å². The number of sulfonamides is 1. The van der Waals surface area contributed by atoms with Gasteiger partial charge in [-0.05, 0) is 24.3 Å². The molecule has 0 bridgehead atoms. The first-order valence-electron chi connectivity index (χ1n) is 5.38. The monoisotopic (exact) mass is 315 g/mol. The number of halogens is 2. The minimum atomic E-state index is -4.42. The molecule has 0 radical (unpaired) electrons. The summed E-state index contributed by atoms with van der Waals surface area (Å²) in [6, 6.07) is 4.67. The standard InChI is InChI=1S/C11H7F2N3O4S/c12-8-2-1-3-9(11(8)16(17)18)21(19,20)15-7-4-5-10(13)14-6-7/h1-6,15H. The number of hydrogen-bond acceptors (Lipinski definition) is 5. The second-order valence-electron chi connectivity index (χ2n) is 3.82. The van der Waals surface area contributed by atoms with Gasteiger partial charge in [0.15, 0.2) is 4.90 Å². The van der Waals surface area contributed by atoms with Crippen molar-refractivity contribution in [2.45, 2.75) is 4.90 Å². The van der Waals surface area contributed by atoms with Gasteiger partial charge < -0.3 is 0 Å². The first kappa shape index (κ1) is 14.8. The Bertz CT molecular complexity index is 794. The summed E-state index contributed by atoms with van der Waals surface area (Å²) in [6.07, 6.45) is 0.887. The van der Waals surface area contributed by atoms with E-state index in [1.54, 1.807) is 0 Å². The van der Waals surface area contributed by atoms with Gasteiger partial charge in [-0.1, -0.05) is 6.07 Å². The third kappa shape index (κ3) is 3.11. The number of rotatable bonds is 4. The molecule has 110 valence electrons. The van der Waals surface area contributed by atoms with Gasteiger partial charge in [-0.15, -0.1) is 0 Å². The topological polar surface area (TPSA) is 102 Å². The normalized spacial score (nSPS) is 11.1. The average molecular weight is 315 g/mol. The summed E-state index contributed by atoms with van der Waals surface area (Å²) in [6.45, 7) is 0. The molecule has 7 nitrogen and oxygen atoms in total. The summed E-state index contributed by atoms with van der Waals surface area (Å²) < 4.78 is 52.1. The molecule has 2 rings (SSSR count). The fraction of sp³-hybridized carbons (Fsp3) is 0. The van der Waals surface area contributed by atoms with Crippen LogP contribution in [0.5, 0.6) is 0 Å². The molecule has 0 fully saturated rings. The molecule has 1 N–H and O–H groups in total. The molecule has 0 aliphatic rings. The van der Waals surface area contributed by atoms with Crippen molar-refractivity contribution < 1.29 is 22.1 Å². The smallest absolute Gasteiger partial charge is 0.278 e. The van der Waals surface area contributed by atoms with Gasteiger partial charge in [0.2, 0.25) is 11.8 Å². The molecular weight excluding hydrogens is 308 g/mol. The van der Waals surface area contributed by atoms with Crippen molar-refractivity contribution in [3.63, 3.8) is 0 Å². The molecule has 21 heavy (non-hydrogen) atoms. The van der Waals surface area contributed by atoms with E-state index >= 15 is 0 Å². The van der Waals surface area contributed by atoms with Gasteiger partial charge in [-0.3, -0.25) is 14.8 Å². The number of aromatic nitrogens is 1. The molecule has 1 aromatic heterocycles. The van der Waals surface area contributed by atoms with Crippen LogP contribution in [0.4, 0.5) is 20.2 Å². The van der Waals surface area contributed by atoms with Crippen LogP contribution in [0.25, 0.3) is 0 Å². The van der Waals surface area contributed by atoms with Crippen LogP contribution in [0.2, 0.25) is 0 Å². The lowest BCUT2D eigenvalue weighted by Gasteiger charge is -2.08. The lowest BCUT2D eigenvalue weighted by atomic mass is 10.3. The van der Waals surface area contributed by atoms with Crippen LogP contribution in [0.3, 0.4) is 0 Å². The SMILES string of the molecule is O=[N+]([O-])c1c(F)cccc1S(=O)(=O)Nc1ccc(F)nc1. The number of nitrogens with one attached hydrogen (secondary N) is 1. The van der Waals surface area contributed by atoms with Gasteiger partial charge in [0.05, 0.1) is 16.8 Å². The third-order valence-corrected chi connectivity index (χ3v) is 3.81. The van der Waals surface area contributed by atoms with Crippen molar-refractivity contribution in [3.8, 4) is 0 Å². The van der Waals surface area contributed by atoms with Crippen molar-refractivity contribution in [2.75, 3.05) is 4.72 Å². The Morgan fingerprint density at radius 1 is 1.19 bits per heavy atom. The fourth-order valence-electron chi connectivity index (χ4n) is 1.54. The van der Waals surface area contributed by atoms with Gasteiger partial charge in [-0.2, -0.15) is 8.78 Å². The number of anilines is 1. The highest BCUT2D eigenvalue weighted by Crippen LogP contribution is 2.28. The number of para-hydroxylation sites is 1. The second kappa shape index (κ2) is 5.40. The zero-order chi connectivity index (χ0) is 15.6. The number of nitro groups is 1. The maximum atomic E-state index is 13.4. The Balaban J connectivity index is 2.47. The highest BCUT2D eigenvalue weighted by molar-refractivity contribution is 7.92. The summed E-state index contributed by atoms with van der Waals surface area (Å²) >= 11 is 0. The molecule has 0 unspecified atom stereocenters. The lowest BCUT2D eigenvalue weighted by molar-refractivity contribution is -0.390. The predicted octanol–water partition coefficient (Wildman–Crippen LogP) is 2.07. The molecule has 1 aromatic carbocycles. The van der Waals surface area contributed by atoms with E-state index in [1.165, 1.54) is 0 Å². The molecule has 0 spiro atoms. The summed E-state index contributed by atoms with van der Waals surface area (Å²) in [5.41, 5.74) is -1.28. The number of nitro benzene ring substituents is 1. The summed E-state index contributed by atoms with van der Waals surface area (Å²) in [7, 11) is -4.42. The molecular formula is C11H7F2N3O4S. The van der Waals surface area contributed by atoms with Crippen molar-refractivity contribution in [1.29, 1.82) is 0 Å². The fourth-order valence-corrected chi connectivity index (χ4v) is 2.76. The number of pyridine rings is 1. The molecule has 0 saturated heterocycles. The Morgan fingerprint density at radius 3 is 2.48 bits per heavy atom. The van der Waals surface area contributed by atoms with Crippen molar-refractivity contribution in [2.24, 2.45) is 0 Å². The Labute approximate surface area is 117 Å². The van der Waals surface area contributed by atoms with Crippen LogP contribution in [-0.4, -0.2) is 18.3 Å². The van der Waals surface area contributed by atoms with Gasteiger partial charge in [0.25, 0.3) is 10.0 Å². The average Bonchev–Trinajstić information content (AvgIpc) is 2.40. The van der Waals surface area contributed by atoms with Crippen LogP contribution in [-0.2, 0) is 10.0 Å². The minimum Gasteiger partial charge on any atom is -0.278 e. The molecule has 0 aliphatic heterocycles. The van der Waals surface area contributed by atoms with Crippen molar-refractivity contribution in [1.82, 2.24) is 4.98 Å². The number of hydrogen-bond donors (Lipinski definition) is 1. The van der Waals surface area contributed by atoms with E-state index < -0.39 is 37.3 Å². The quantitative estimate of drug-likeness (QED) is 0.528. The van der Waals surface area contributed by atoms with Crippen LogP contribution < -0.4 is 4.72 Å². The first-order chi connectivity index (χ1) is 9.81. The molecule has 2 aromatic rings. The number of nitrogens with zero attached hydrogens (tertiary/aromatic N) is 2. The summed E-state index contributed by atoms with van der Waals surface area (Å²) in [4.78, 5) is 12.1. The third-order valence-electron chi connectivity index (χ3n) is 2.40. The Hall–Kier alpha value is -2.62. The van der Waals surface area contributed by atoms with Gasteiger partial charge >= 0.3 is 5.69 Å².